The van der Waals surface area contributed by atoms with E-state index in [4.69, 9.17) is 14.2 Å². The number of carbonyl (C=O) groups is 2. The number of nitrogens with zero attached hydrogens (tertiary/aromatic N) is 2. The minimum atomic E-state index is -0.585. The van der Waals surface area contributed by atoms with Crippen molar-refractivity contribution >= 4 is 11.8 Å². The molecule has 248 valence electrons. The van der Waals surface area contributed by atoms with Crippen LogP contribution in [0, 0.1) is 5.92 Å². The van der Waals surface area contributed by atoms with Crippen LogP contribution in [0.5, 0.6) is 0 Å². The van der Waals surface area contributed by atoms with E-state index >= 15 is 0 Å². The predicted molar refractivity (Wildman–Crippen MR) is 182 cm³/mol. The van der Waals surface area contributed by atoms with E-state index in [1.54, 1.807) is 31.4 Å². The van der Waals surface area contributed by atoms with E-state index in [1.807, 2.05) is 60.7 Å². The lowest BCUT2D eigenvalue weighted by atomic mass is 9.89. The molecule has 3 aliphatic rings. The highest BCUT2D eigenvalue weighted by atomic mass is 16.7. The van der Waals surface area contributed by atoms with E-state index in [0.29, 0.717) is 23.8 Å². The minimum Gasteiger partial charge on any atom is -0.392 e. The van der Waals surface area contributed by atoms with E-state index in [0.717, 1.165) is 59.3 Å². The number of benzene rings is 4. The first kappa shape index (κ1) is 32.4. The fourth-order valence-corrected chi connectivity index (χ4v) is 7.36. The molecule has 48 heavy (non-hydrogen) atoms. The van der Waals surface area contributed by atoms with Gasteiger partial charge in [0.1, 0.15) is 0 Å². The summed E-state index contributed by atoms with van der Waals surface area (Å²) in [5.41, 5.74) is 6.58. The highest BCUT2D eigenvalue weighted by molar-refractivity contribution is 6.21. The first-order valence-electron chi connectivity index (χ1n) is 16.8. The smallest absolute Gasteiger partial charge is 0.261 e. The fraction of sp³-hybridized carbons (Fsp3) is 0.350. The van der Waals surface area contributed by atoms with Crippen LogP contribution >= 0.6 is 0 Å². The van der Waals surface area contributed by atoms with Gasteiger partial charge in [-0.05, 0) is 71.5 Å². The van der Waals surface area contributed by atoms with Gasteiger partial charge in [0.25, 0.3) is 11.8 Å². The second kappa shape index (κ2) is 14.1. The molecule has 0 spiro atoms. The van der Waals surface area contributed by atoms with Crippen LogP contribution < -0.4 is 0 Å². The van der Waals surface area contributed by atoms with Crippen LogP contribution in [0.4, 0.5) is 0 Å². The molecule has 2 amide bonds. The first-order valence-corrected chi connectivity index (χ1v) is 16.8. The SMILES string of the molecule is COC[C@@H]1CCCN1C[C@H]1O[C@@H](c2cccc(-c3cccc(CN4C(=O)c5ccccc5C4=O)c3)c2)O[C@@H](c2ccc(CO)cc2)[C@H]1C. The maximum atomic E-state index is 13.0. The molecule has 8 heteroatoms. The minimum absolute atomic E-state index is 0.00213. The van der Waals surface area contributed by atoms with Crippen LogP contribution in [0.25, 0.3) is 11.1 Å². The molecule has 0 radical (unpaired) electrons. The summed E-state index contributed by atoms with van der Waals surface area (Å²) in [5.74, 6) is -0.435. The summed E-state index contributed by atoms with van der Waals surface area (Å²) in [4.78, 5) is 29.8. The van der Waals surface area contributed by atoms with Crippen molar-refractivity contribution in [2.75, 3.05) is 26.8 Å². The molecule has 0 unspecified atom stereocenters. The number of hydrogen-bond acceptors (Lipinski definition) is 7. The number of rotatable bonds is 10. The Morgan fingerprint density at radius 2 is 1.52 bits per heavy atom. The number of hydrogen-bond donors (Lipinski definition) is 1. The summed E-state index contributed by atoms with van der Waals surface area (Å²) >= 11 is 0. The Morgan fingerprint density at radius 1 is 0.812 bits per heavy atom. The van der Waals surface area contributed by atoms with Gasteiger partial charge < -0.3 is 19.3 Å². The van der Waals surface area contributed by atoms with Crippen molar-refractivity contribution in [3.8, 4) is 11.1 Å². The topological polar surface area (TPSA) is 88.5 Å². The van der Waals surface area contributed by atoms with Gasteiger partial charge >= 0.3 is 0 Å². The molecule has 8 nitrogen and oxygen atoms in total. The molecule has 4 aromatic rings. The Labute approximate surface area is 281 Å². The highest BCUT2D eigenvalue weighted by Gasteiger charge is 2.41. The average Bonchev–Trinajstić information content (AvgIpc) is 3.66. The van der Waals surface area contributed by atoms with Gasteiger partial charge in [-0.1, -0.05) is 79.7 Å². The Bertz CT molecular complexity index is 1740. The molecule has 3 heterocycles. The summed E-state index contributed by atoms with van der Waals surface area (Å²) in [5, 5.41) is 9.62. The molecule has 2 fully saturated rings. The normalized spacial score (nSPS) is 24.3. The van der Waals surface area contributed by atoms with E-state index in [2.05, 4.69) is 24.0 Å². The Hall–Kier alpha value is -4.18. The molecule has 2 saturated heterocycles. The average molecular weight is 647 g/mol. The number of imide groups is 1. The molecule has 1 N–H and O–H groups in total. The molecule has 0 saturated carbocycles. The van der Waals surface area contributed by atoms with Gasteiger partial charge in [-0.2, -0.15) is 0 Å². The van der Waals surface area contributed by atoms with Gasteiger partial charge in [0, 0.05) is 31.2 Å². The molecule has 0 aromatic heterocycles. The largest absolute Gasteiger partial charge is 0.392 e. The predicted octanol–water partition coefficient (Wildman–Crippen LogP) is 6.54. The summed E-state index contributed by atoms with van der Waals surface area (Å²) in [6.07, 6.45) is 1.41. The van der Waals surface area contributed by atoms with Crippen molar-refractivity contribution in [1.29, 1.82) is 0 Å². The zero-order valence-corrected chi connectivity index (χ0v) is 27.5. The maximum absolute atomic E-state index is 13.0. The van der Waals surface area contributed by atoms with Gasteiger partial charge in [-0.25, -0.2) is 0 Å². The molecule has 3 aliphatic heterocycles. The molecule has 5 atom stereocenters. The highest BCUT2D eigenvalue weighted by Crippen LogP contribution is 2.43. The molecular formula is C40H42N2O6. The quantitative estimate of drug-likeness (QED) is 0.196. The van der Waals surface area contributed by atoms with Crippen molar-refractivity contribution in [3.05, 3.63) is 130 Å². The van der Waals surface area contributed by atoms with Crippen molar-refractivity contribution in [2.24, 2.45) is 5.92 Å². The third-order valence-corrected chi connectivity index (χ3v) is 10.0. The van der Waals surface area contributed by atoms with Crippen LogP contribution in [0.3, 0.4) is 0 Å². The van der Waals surface area contributed by atoms with E-state index in [1.165, 1.54) is 4.90 Å². The zero-order valence-electron chi connectivity index (χ0n) is 27.5. The van der Waals surface area contributed by atoms with E-state index in [9.17, 15) is 14.7 Å². The lowest BCUT2D eigenvalue weighted by Crippen LogP contribution is -2.46. The van der Waals surface area contributed by atoms with Crippen molar-refractivity contribution < 1.29 is 28.9 Å². The van der Waals surface area contributed by atoms with Gasteiger partial charge in [-0.15, -0.1) is 0 Å². The number of aliphatic hydroxyl groups is 1. The molecule has 0 bridgehead atoms. The Morgan fingerprint density at radius 3 is 2.23 bits per heavy atom. The third-order valence-electron chi connectivity index (χ3n) is 10.0. The number of amides is 2. The second-order valence-corrected chi connectivity index (χ2v) is 13.1. The van der Waals surface area contributed by atoms with Crippen LogP contribution in [-0.2, 0) is 27.4 Å². The third kappa shape index (κ3) is 6.46. The Balaban J connectivity index is 1.14. The van der Waals surface area contributed by atoms with Gasteiger partial charge in [0.15, 0.2) is 6.29 Å². The molecule has 7 rings (SSSR count). The van der Waals surface area contributed by atoms with Crippen molar-refractivity contribution in [3.63, 3.8) is 0 Å². The van der Waals surface area contributed by atoms with Crippen molar-refractivity contribution in [1.82, 2.24) is 9.80 Å². The van der Waals surface area contributed by atoms with Crippen LogP contribution in [0.1, 0.15) is 75.1 Å². The van der Waals surface area contributed by atoms with Crippen molar-refractivity contribution in [2.45, 2.75) is 57.5 Å². The van der Waals surface area contributed by atoms with E-state index < -0.39 is 6.29 Å². The standard InChI is InChI=1S/C40H42N2O6/c1-26-36(23-41-19-7-12-33(41)25-46-2)47-40(48-37(26)29-17-15-27(24-43)16-18-29)32-11-6-10-31(21-32)30-9-5-8-28(20-30)22-42-38(44)34-13-3-4-14-35(34)39(42)45/h3-6,8-11,13-18,20-21,26,33,36-37,40,43H,7,12,19,22-25H2,1-2H3/t26-,33-,36+,37+,40+/m0/s1. The van der Waals surface area contributed by atoms with Crippen LogP contribution in [0.2, 0.25) is 0 Å². The number of likely N-dealkylation sites (tertiary alicyclic amines) is 1. The Kier molecular flexibility index (Phi) is 9.52. The summed E-state index contributed by atoms with van der Waals surface area (Å²) in [6, 6.07) is 31.5. The lowest BCUT2D eigenvalue weighted by molar-refractivity contribution is -0.276. The molecule has 0 aliphatic carbocycles. The molecule has 4 aromatic carbocycles. The number of fused-ring (bicyclic) bond motifs is 1. The first-order chi connectivity index (χ1) is 23.4. The van der Waals surface area contributed by atoms with E-state index in [-0.39, 0.29) is 43.1 Å². The van der Waals surface area contributed by atoms with Crippen LogP contribution in [0.15, 0.2) is 97.1 Å². The lowest BCUT2D eigenvalue weighted by Gasteiger charge is -2.43. The zero-order chi connectivity index (χ0) is 33.2. The van der Waals surface area contributed by atoms with Crippen LogP contribution in [-0.4, -0.2) is 65.7 Å². The van der Waals surface area contributed by atoms with Gasteiger partial charge in [-0.3, -0.25) is 19.4 Å². The van der Waals surface area contributed by atoms with Gasteiger partial charge in [0.2, 0.25) is 0 Å². The summed E-state index contributed by atoms with van der Waals surface area (Å²) in [7, 11) is 1.76. The van der Waals surface area contributed by atoms with Gasteiger partial charge in [0.05, 0.1) is 43.1 Å². The molecular weight excluding hydrogens is 604 g/mol. The maximum Gasteiger partial charge on any atom is 0.261 e. The number of ether oxygens (including phenoxy) is 3. The number of methoxy groups -OCH3 is 1. The fourth-order valence-electron chi connectivity index (χ4n) is 7.36. The second-order valence-electron chi connectivity index (χ2n) is 13.1. The number of aliphatic hydroxyl groups excluding tert-OH is 1. The summed E-state index contributed by atoms with van der Waals surface area (Å²) < 4.78 is 19.1. The number of carbonyl (C=O) groups excluding carboxylic acids is 2. The summed E-state index contributed by atoms with van der Waals surface area (Å²) in [6.45, 7) is 4.92. The monoisotopic (exact) mass is 646 g/mol.